The molecule has 16 heavy (non-hydrogen) atoms. The molecule has 0 bridgehead atoms. The molecule has 0 spiro atoms. The molecule has 1 saturated carbocycles. The van der Waals surface area contributed by atoms with Crippen LogP contribution in [0.2, 0.25) is 0 Å². The summed E-state index contributed by atoms with van der Waals surface area (Å²) >= 11 is 7.74. The molecule has 0 radical (unpaired) electrons. The maximum atomic E-state index is 7.56. The van der Waals surface area contributed by atoms with E-state index in [1.54, 1.807) is 6.08 Å². The maximum absolute atomic E-state index is 7.56. The number of allylic oxidation sites excluding steroid dienone is 1. The molecule has 92 valence electrons. The molecule has 1 fully saturated rings. The van der Waals surface area contributed by atoms with Gasteiger partial charge in [-0.05, 0) is 37.3 Å². The van der Waals surface area contributed by atoms with E-state index < -0.39 is 10.3 Å². The Morgan fingerprint density at radius 3 is 1.31 bits per heavy atom. The van der Waals surface area contributed by atoms with Gasteiger partial charge in [-0.2, -0.15) is 0 Å². The Balaban J connectivity index is -0.0000000592. The molecule has 6 N–H and O–H groups in total. The van der Waals surface area contributed by atoms with E-state index in [4.69, 9.17) is 10.2 Å². The summed E-state index contributed by atoms with van der Waals surface area (Å²) in [6, 6.07) is 0. The molecular formula is C9H21N2NaO2S2. The van der Waals surface area contributed by atoms with Gasteiger partial charge < -0.3 is 21.7 Å². The van der Waals surface area contributed by atoms with E-state index in [0.29, 0.717) is 0 Å². The fraction of sp³-hybridized carbons (Fsp3) is 0.556. The SMILES string of the molecule is C=CC.CC1CC1.NC(O)=S.NC(O)=S.[NaH]. The second-order valence-electron chi connectivity index (χ2n) is 2.77. The van der Waals surface area contributed by atoms with E-state index in [9.17, 15) is 0 Å². The Morgan fingerprint density at radius 2 is 1.31 bits per heavy atom. The van der Waals surface area contributed by atoms with Crippen molar-refractivity contribution in [1.29, 1.82) is 0 Å². The molecule has 1 rings (SSSR count). The summed E-state index contributed by atoms with van der Waals surface area (Å²) in [7, 11) is 0. The quantitative estimate of drug-likeness (QED) is 0.305. The molecule has 0 aromatic heterocycles. The Labute approximate surface area is 130 Å². The van der Waals surface area contributed by atoms with Crippen LogP contribution in [0.5, 0.6) is 0 Å². The van der Waals surface area contributed by atoms with Gasteiger partial charge in [0.25, 0.3) is 10.3 Å². The molecule has 0 amide bonds. The minimum absolute atomic E-state index is 0. The van der Waals surface area contributed by atoms with Crippen LogP contribution >= 0.6 is 24.4 Å². The fourth-order valence-corrected chi connectivity index (χ4v) is 0.167. The number of aliphatic hydroxyl groups excluding tert-OH is 2. The van der Waals surface area contributed by atoms with Gasteiger partial charge in [0.05, 0.1) is 0 Å². The first-order valence-corrected chi connectivity index (χ1v) is 5.13. The summed E-state index contributed by atoms with van der Waals surface area (Å²) in [6.07, 6.45) is 4.72. The number of nitrogens with two attached hydrogens (primary N) is 2. The summed E-state index contributed by atoms with van der Waals surface area (Å²) in [6.45, 7) is 7.53. The summed E-state index contributed by atoms with van der Waals surface area (Å²) < 4.78 is 0. The Morgan fingerprint density at radius 1 is 1.25 bits per heavy atom. The van der Waals surface area contributed by atoms with Gasteiger partial charge in [-0.1, -0.05) is 25.8 Å². The van der Waals surface area contributed by atoms with Crippen LogP contribution in [-0.4, -0.2) is 50.1 Å². The Kier molecular flexibility index (Phi) is 32.2. The zero-order chi connectivity index (χ0) is 12.9. The second-order valence-corrected chi connectivity index (χ2v) is 3.60. The standard InChI is InChI=1S/C4H8.C3H6.2CH3NOS.Na.H/c1-4-2-3-4;1-3-2;2*2-1(3)4;;/h4H,2-3H2,1H3;3H,1H2,2H3;2*(H3,2,3,4);;. The summed E-state index contributed by atoms with van der Waals surface area (Å²) in [5.41, 5.74) is 8.80. The van der Waals surface area contributed by atoms with Crippen LogP contribution < -0.4 is 11.5 Å². The van der Waals surface area contributed by atoms with Gasteiger partial charge in [-0.25, -0.2) is 0 Å². The van der Waals surface area contributed by atoms with Gasteiger partial charge in [0.15, 0.2) is 0 Å². The average molecular weight is 276 g/mol. The number of thiocarbonyl (C=S) groups is 2. The Bertz CT molecular complexity index is 168. The van der Waals surface area contributed by atoms with Gasteiger partial charge in [0, 0.05) is 0 Å². The normalized spacial score (nSPS) is 10.4. The average Bonchev–Trinajstić information content (AvgIpc) is 2.70. The van der Waals surface area contributed by atoms with Crippen LogP contribution in [0.15, 0.2) is 12.7 Å². The van der Waals surface area contributed by atoms with Crippen molar-refractivity contribution in [3.63, 3.8) is 0 Å². The van der Waals surface area contributed by atoms with Crippen molar-refractivity contribution in [2.45, 2.75) is 26.7 Å². The predicted octanol–water partition coefficient (Wildman–Crippen LogP) is 1.54. The molecular weight excluding hydrogens is 255 g/mol. The number of hydrogen-bond donors (Lipinski definition) is 4. The topological polar surface area (TPSA) is 92.5 Å². The molecule has 7 heteroatoms. The van der Waals surface area contributed by atoms with Crippen molar-refractivity contribution < 1.29 is 10.2 Å². The van der Waals surface area contributed by atoms with Gasteiger partial charge in [0.2, 0.25) is 0 Å². The molecule has 0 aliphatic heterocycles. The summed E-state index contributed by atoms with van der Waals surface area (Å²) in [4.78, 5) is 0. The van der Waals surface area contributed by atoms with Gasteiger partial charge >= 0.3 is 29.6 Å². The first-order chi connectivity index (χ1) is 6.77. The predicted molar refractivity (Wildman–Crippen MR) is 80.2 cm³/mol. The van der Waals surface area contributed by atoms with E-state index in [1.165, 1.54) is 12.8 Å². The molecule has 1 aliphatic carbocycles. The molecule has 0 aromatic carbocycles. The first kappa shape index (κ1) is 25.1. The van der Waals surface area contributed by atoms with E-state index in [0.717, 1.165) is 5.92 Å². The Hall–Kier alpha value is 0.120. The van der Waals surface area contributed by atoms with Crippen LogP contribution in [0, 0.1) is 5.92 Å². The van der Waals surface area contributed by atoms with Crippen molar-refractivity contribution in [2.75, 3.05) is 0 Å². The third-order valence-electron chi connectivity index (χ3n) is 0.866. The van der Waals surface area contributed by atoms with E-state index >= 15 is 0 Å². The summed E-state index contributed by atoms with van der Waals surface area (Å²) in [5.74, 6) is 1.08. The van der Waals surface area contributed by atoms with Crippen molar-refractivity contribution in [1.82, 2.24) is 0 Å². The van der Waals surface area contributed by atoms with E-state index in [1.807, 2.05) is 6.92 Å². The third kappa shape index (κ3) is 250. The monoisotopic (exact) mass is 276 g/mol. The van der Waals surface area contributed by atoms with Crippen molar-refractivity contribution in [3.05, 3.63) is 12.7 Å². The van der Waals surface area contributed by atoms with E-state index in [2.05, 4.69) is 49.4 Å². The zero-order valence-corrected chi connectivity index (χ0v) is 10.8. The van der Waals surface area contributed by atoms with Crippen molar-refractivity contribution in [2.24, 2.45) is 17.4 Å². The molecule has 0 aromatic rings. The van der Waals surface area contributed by atoms with Crippen LogP contribution in [0.1, 0.15) is 26.7 Å². The number of aliphatic hydroxyl groups is 2. The molecule has 0 heterocycles. The number of hydrogen-bond acceptors (Lipinski definition) is 2. The van der Waals surface area contributed by atoms with Crippen molar-refractivity contribution >= 4 is 64.3 Å². The molecule has 0 atom stereocenters. The van der Waals surface area contributed by atoms with Crippen LogP contribution in [0.4, 0.5) is 0 Å². The van der Waals surface area contributed by atoms with Crippen molar-refractivity contribution in [3.8, 4) is 0 Å². The number of rotatable bonds is 0. The molecule has 1 aliphatic rings. The fourth-order valence-electron chi connectivity index (χ4n) is 0.167. The van der Waals surface area contributed by atoms with Gasteiger partial charge in [-0.15, -0.1) is 6.58 Å². The van der Waals surface area contributed by atoms with Crippen LogP contribution in [0.3, 0.4) is 0 Å². The van der Waals surface area contributed by atoms with Gasteiger partial charge in [0.1, 0.15) is 0 Å². The second kappa shape index (κ2) is 20.5. The molecule has 0 unspecified atom stereocenters. The summed E-state index contributed by atoms with van der Waals surface area (Å²) in [5, 5.41) is 14.1. The molecule has 4 nitrogen and oxygen atoms in total. The third-order valence-corrected chi connectivity index (χ3v) is 0.866. The van der Waals surface area contributed by atoms with Gasteiger partial charge in [-0.3, -0.25) is 0 Å². The van der Waals surface area contributed by atoms with Crippen LogP contribution in [0.25, 0.3) is 0 Å². The van der Waals surface area contributed by atoms with Crippen LogP contribution in [-0.2, 0) is 0 Å². The minimum atomic E-state index is -0.500. The first-order valence-electron chi connectivity index (χ1n) is 4.31. The van der Waals surface area contributed by atoms with E-state index in [-0.39, 0.29) is 29.6 Å². The zero-order valence-electron chi connectivity index (χ0n) is 9.14. The molecule has 0 saturated heterocycles.